The van der Waals surface area contributed by atoms with E-state index in [0.717, 1.165) is 55.4 Å². The Bertz CT molecular complexity index is 999. The molecule has 0 bridgehead atoms. The number of aromatic nitrogens is 3. The first kappa shape index (κ1) is 21.0. The van der Waals surface area contributed by atoms with Crippen molar-refractivity contribution in [1.29, 1.82) is 0 Å². The van der Waals surface area contributed by atoms with Crippen molar-refractivity contribution in [2.45, 2.75) is 6.42 Å². The lowest BCUT2D eigenvalue weighted by Gasteiger charge is -2.26. The lowest BCUT2D eigenvalue weighted by Crippen LogP contribution is -2.38. The second-order valence-corrected chi connectivity index (χ2v) is 7.44. The van der Waals surface area contributed by atoms with Crippen molar-refractivity contribution < 1.29 is 14.3 Å². The lowest BCUT2D eigenvalue weighted by atomic mass is 10.1. The minimum atomic E-state index is -0.0926. The molecule has 1 N–H and O–H groups in total. The van der Waals surface area contributed by atoms with E-state index in [4.69, 9.17) is 9.47 Å². The van der Waals surface area contributed by atoms with Crippen LogP contribution in [0, 0.1) is 0 Å². The summed E-state index contributed by atoms with van der Waals surface area (Å²) in [6, 6.07) is 11.4. The lowest BCUT2D eigenvalue weighted by molar-refractivity contribution is -0.115. The van der Waals surface area contributed by atoms with Gasteiger partial charge in [0, 0.05) is 56.5 Å². The van der Waals surface area contributed by atoms with Gasteiger partial charge in [0.25, 0.3) is 0 Å². The summed E-state index contributed by atoms with van der Waals surface area (Å²) in [6.07, 6.45) is 5.42. The maximum Gasteiger partial charge on any atom is 0.228 e. The zero-order valence-corrected chi connectivity index (χ0v) is 17.7. The number of ether oxygens (including phenoxy) is 2. The maximum atomic E-state index is 12.5. The number of rotatable bonds is 8. The molecular formula is C23H27N5O3. The maximum absolute atomic E-state index is 12.5. The third kappa shape index (κ3) is 5.68. The van der Waals surface area contributed by atoms with Crippen LogP contribution in [0.1, 0.15) is 5.56 Å². The Hall–Kier alpha value is -3.23. The quantitative estimate of drug-likeness (QED) is 0.601. The number of anilines is 1. The van der Waals surface area contributed by atoms with Crippen LogP contribution in [0.25, 0.3) is 11.3 Å². The molecule has 1 aromatic carbocycles. The minimum Gasteiger partial charge on any atom is -0.492 e. The molecule has 0 radical (unpaired) electrons. The fourth-order valence-electron chi connectivity index (χ4n) is 3.57. The van der Waals surface area contributed by atoms with Gasteiger partial charge in [-0.3, -0.25) is 19.4 Å². The molecule has 8 heteroatoms. The van der Waals surface area contributed by atoms with E-state index in [-0.39, 0.29) is 12.3 Å². The Morgan fingerprint density at radius 3 is 2.81 bits per heavy atom. The van der Waals surface area contributed by atoms with E-state index in [1.54, 1.807) is 23.3 Å². The van der Waals surface area contributed by atoms with Crippen LogP contribution in [0.5, 0.6) is 5.75 Å². The molecule has 0 unspecified atom stereocenters. The number of nitrogens with one attached hydrogen (secondary N) is 1. The second kappa shape index (κ2) is 10.2. The van der Waals surface area contributed by atoms with E-state index in [1.807, 2.05) is 43.4 Å². The Kier molecular flexibility index (Phi) is 6.91. The standard InChI is InChI=1S/C23H27N5O3/c1-27-21(6-8-25-27)20-16-19(26-23(29)15-18-3-2-7-24-17-18)4-5-22(20)31-14-11-28-9-12-30-13-10-28/h2-8,16-17H,9-15H2,1H3,(H,26,29). The molecule has 8 nitrogen and oxygen atoms in total. The first-order valence-electron chi connectivity index (χ1n) is 10.4. The molecule has 4 rings (SSSR count). The molecule has 1 amide bonds. The van der Waals surface area contributed by atoms with E-state index < -0.39 is 0 Å². The highest BCUT2D eigenvalue weighted by molar-refractivity contribution is 5.93. The Balaban J connectivity index is 1.46. The summed E-state index contributed by atoms with van der Waals surface area (Å²) >= 11 is 0. The van der Waals surface area contributed by atoms with E-state index in [1.165, 1.54) is 0 Å². The van der Waals surface area contributed by atoms with Gasteiger partial charge in [-0.2, -0.15) is 5.10 Å². The van der Waals surface area contributed by atoms with Gasteiger partial charge < -0.3 is 14.8 Å². The van der Waals surface area contributed by atoms with Gasteiger partial charge in [-0.05, 0) is 35.9 Å². The predicted molar refractivity (Wildman–Crippen MR) is 118 cm³/mol. The van der Waals surface area contributed by atoms with Crippen molar-refractivity contribution in [2.75, 3.05) is 44.8 Å². The molecule has 3 aromatic rings. The van der Waals surface area contributed by atoms with Crippen molar-refractivity contribution in [3.05, 3.63) is 60.6 Å². The van der Waals surface area contributed by atoms with Crippen LogP contribution >= 0.6 is 0 Å². The van der Waals surface area contributed by atoms with Crippen molar-refractivity contribution in [1.82, 2.24) is 19.7 Å². The molecule has 0 spiro atoms. The number of benzene rings is 1. The molecule has 3 heterocycles. The first-order chi connectivity index (χ1) is 15.2. The Morgan fingerprint density at radius 1 is 1.19 bits per heavy atom. The monoisotopic (exact) mass is 421 g/mol. The highest BCUT2D eigenvalue weighted by Gasteiger charge is 2.14. The third-order valence-electron chi connectivity index (χ3n) is 5.22. The van der Waals surface area contributed by atoms with Crippen LogP contribution in [0.3, 0.4) is 0 Å². The van der Waals surface area contributed by atoms with Crippen molar-refractivity contribution in [3.8, 4) is 17.0 Å². The molecule has 1 aliphatic rings. The molecule has 1 fully saturated rings. The Labute approximate surface area is 181 Å². The summed E-state index contributed by atoms with van der Waals surface area (Å²) in [6.45, 7) is 4.83. The van der Waals surface area contributed by atoms with Crippen LogP contribution in [0.15, 0.2) is 55.0 Å². The first-order valence-corrected chi connectivity index (χ1v) is 10.4. The Morgan fingerprint density at radius 2 is 2.06 bits per heavy atom. The minimum absolute atomic E-state index is 0.0926. The van der Waals surface area contributed by atoms with E-state index in [2.05, 4.69) is 20.3 Å². The molecule has 1 saturated heterocycles. The van der Waals surface area contributed by atoms with Crippen molar-refractivity contribution in [3.63, 3.8) is 0 Å². The normalized spacial score (nSPS) is 14.4. The SMILES string of the molecule is Cn1nccc1-c1cc(NC(=O)Cc2cccnc2)ccc1OCCN1CCOCC1. The van der Waals surface area contributed by atoms with E-state index >= 15 is 0 Å². The van der Waals surface area contributed by atoms with Gasteiger partial charge in [-0.15, -0.1) is 0 Å². The van der Waals surface area contributed by atoms with Crippen LogP contribution in [-0.4, -0.2) is 65.0 Å². The molecule has 1 aliphatic heterocycles. The molecule has 31 heavy (non-hydrogen) atoms. The summed E-state index contributed by atoms with van der Waals surface area (Å²) in [5.41, 5.74) is 3.39. The topological polar surface area (TPSA) is 81.5 Å². The molecule has 0 saturated carbocycles. The van der Waals surface area contributed by atoms with Crippen molar-refractivity contribution >= 4 is 11.6 Å². The van der Waals surface area contributed by atoms with Crippen LogP contribution in [0.4, 0.5) is 5.69 Å². The number of hydrogen-bond donors (Lipinski definition) is 1. The number of amides is 1. The average Bonchev–Trinajstić information content (AvgIpc) is 3.21. The van der Waals surface area contributed by atoms with Gasteiger partial charge in [-0.1, -0.05) is 6.07 Å². The molecule has 162 valence electrons. The number of carbonyl (C=O) groups is 1. The van der Waals surface area contributed by atoms with E-state index in [0.29, 0.717) is 12.3 Å². The van der Waals surface area contributed by atoms with Crippen molar-refractivity contribution in [2.24, 2.45) is 7.05 Å². The molecule has 0 aliphatic carbocycles. The second-order valence-electron chi connectivity index (χ2n) is 7.44. The number of carbonyl (C=O) groups excluding carboxylic acids is 1. The highest BCUT2D eigenvalue weighted by Crippen LogP contribution is 2.32. The fourth-order valence-corrected chi connectivity index (χ4v) is 3.57. The fraction of sp³-hybridized carbons (Fsp3) is 0.348. The van der Waals surface area contributed by atoms with Gasteiger partial charge in [0.15, 0.2) is 0 Å². The van der Waals surface area contributed by atoms with Gasteiger partial charge in [0.1, 0.15) is 12.4 Å². The zero-order valence-electron chi connectivity index (χ0n) is 17.7. The van der Waals surface area contributed by atoms with Gasteiger partial charge >= 0.3 is 0 Å². The number of morpholine rings is 1. The molecule has 0 atom stereocenters. The number of pyridine rings is 1. The summed E-state index contributed by atoms with van der Waals surface area (Å²) in [5, 5.41) is 7.25. The summed E-state index contributed by atoms with van der Waals surface area (Å²) in [7, 11) is 1.89. The van der Waals surface area contributed by atoms with Gasteiger partial charge in [0.2, 0.25) is 5.91 Å². The molecular weight excluding hydrogens is 394 g/mol. The zero-order chi connectivity index (χ0) is 21.5. The largest absolute Gasteiger partial charge is 0.492 e. The van der Waals surface area contributed by atoms with E-state index in [9.17, 15) is 4.79 Å². The number of hydrogen-bond acceptors (Lipinski definition) is 6. The summed E-state index contributed by atoms with van der Waals surface area (Å²) in [4.78, 5) is 18.9. The third-order valence-corrected chi connectivity index (χ3v) is 5.22. The van der Waals surface area contributed by atoms with Crippen LogP contribution in [-0.2, 0) is 23.0 Å². The summed E-state index contributed by atoms with van der Waals surface area (Å²) < 4.78 is 13.3. The highest BCUT2D eigenvalue weighted by atomic mass is 16.5. The smallest absolute Gasteiger partial charge is 0.228 e. The average molecular weight is 422 g/mol. The van der Waals surface area contributed by atoms with Gasteiger partial charge in [0.05, 0.1) is 25.3 Å². The van der Waals surface area contributed by atoms with Crippen LogP contribution < -0.4 is 10.1 Å². The molecule has 2 aromatic heterocycles. The van der Waals surface area contributed by atoms with Crippen LogP contribution in [0.2, 0.25) is 0 Å². The number of aryl methyl sites for hydroxylation is 1. The number of nitrogens with zero attached hydrogens (tertiary/aromatic N) is 4. The predicted octanol–water partition coefficient (Wildman–Crippen LogP) is 2.37. The summed E-state index contributed by atoms with van der Waals surface area (Å²) in [5.74, 6) is 0.673. The van der Waals surface area contributed by atoms with Gasteiger partial charge in [-0.25, -0.2) is 0 Å².